The van der Waals surface area contributed by atoms with Crippen molar-refractivity contribution >= 4 is 17.5 Å². The number of aromatic amines is 1. The van der Waals surface area contributed by atoms with Crippen LogP contribution < -0.4 is 0 Å². The van der Waals surface area contributed by atoms with Gasteiger partial charge in [-0.15, -0.1) is 5.10 Å². The Hall–Kier alpha value is -1.69. The van der Waals surface area contributed by atoms with Crippen LogP contribution in [-0.4, -0.2) is 26.2 Å². The highest BCUT2D eigenvalue weighted by atomic mass is 32.2. The second-order valence-corrected chi connectivity index (χ2v) is 6.10. The summed E-state index contributed by atoms with van der Waals surface area (Å²) in [5.41, 5.74) is 0.492. The number of aromatic nitrogens is 3. The molecule has 20 heavy (non-hydrogen) atoms. The number of hydrogen-bond acceptors (Lipinski definition) is 4. The number of Topliss-reactive ketones (excluding diaryl/α,β-unsaturated/α-hetero) is 1. The van der Waals surface area contributed by atoms with E-state index in [0.29, 0.717) is 10.7 Å². The van der Waals surface area contributed by atoms with Crippen molar-refractivity contribution in [1.29, 1.82) is 0 Å². The van der Waals surface area contributed by atoms with E-state index in [2.05, 4.69) is 15.2 Å². The van der Waals surface area contributed by atoms with Crippen molar-refractivity contribution in [3.8, 4) is 0 Å². The fraction of sp³-hybridized carbons (Fsp3) is 0.357. The second kappa shape index (κ2) is 6.17. The highest BCUT2D eigenvalue weighted by molar-refractivity contribution is 8.00. The van der Waals surface area contributed by atoms with Gasteiger partial charge in [0.25, 0.3) is 0 Å². The van der Waals surface area contributed by atoms with Gasteiger partial charge in [-0.25, -0.2) is 9.37 Å². The maximum atomic E-state index is 12.8. The van der Waals surface area contributed by atoms with Gasteiger partial charge < -0.3 is 0 Å². The normalized spacial score (nSPS) is 12.7. The summed E-state index contributed by atoms with van der Waals surface area (Å²) >= 11 is 1.29. The molecule has 106 valence electrons. The number of thioether (sulfide) groups is 1. The van der Waals surface area contributed by atoms with Crippen molar-refractivity contribution < 1.29 is 9.18 Å². The van der Waals surface area contributed by atoms with E-state index >= 15 is 0 Å². The van der Waals surface area contributed by atoms with Gasteiger partial charge in [-0.2, -0.15) is 0 Å². The van der Waals surface area contributed by atoms with Gasteiger partial charge in [0.1, 0.15) is 11.6 Å². The third kappa shape index (κ3) is 3.45. The summed E-state index contributed by atoms with van der Waals surface area (Å²) in [4.78, 5) is 16.5. The molecular formula is C14H16FN3OS. The van der Waals surface area contributed by atoms with Gasteiger partial charge in [0.2, 0.25) is 5.16 Å². The SMILES string of the molecule is CC(C)c1nc(S[C@H](C)C(=O)c2ccc(F)cc2)n[nH]1. The molecule has 0 aliphatic carbocycles. The molecule has 2 rings (SSSR count). The highest BCUT2D eigenvalue weighted by Gasteiger charge is 2.19. The van der Waals surface area contributed by atoms with Gasteiger partial charge >= 0.3 is 0 Å². The number of benzene rings is 1. The minimum absolute atomic E-state index is 0.0640. The Morgan fingerprint density at radius 1 is 1.25 bits per heavy atom. The Balaban J connectivity index is 2.05. The minimum atomic E-state index is -0.350. The lowest BCUT2D eigenvalue weighted by Gasteiger charge is -2.07. The van der Waals surface area contributed by atoms with E-state index in [9.17, 15) is 9.18 Å². The number of nitrogens with one attached hydrogen (secondary N) is 1. The van der Waals surface area contributed by atoms with Gasteiger partial charge in [0.15, 0.2) is 5.78 Å². The Labute approximate surface area is 121 Å². The van der Waals surface area contributed by atoms with E-state index in [1.165, 1.54) is 36.0 Å². The molecule has 0 bridgehead atoms. The molecule has 6 heteroatoms. The molecule has 0 aliphatic heterocycles. The molecule has 1 aromatic heterocycles. The summed E-state index contributed by atoms with van der Waals surface area (Å²) in [6.07, 6.45) is 0. The molecule has 0 radical (unpaired) electrons. The van der Waals surface area contributed by atoms with E-state index in [-0.39, 0.29) is 22.8 Å². The van der Waals surface area contributed by atoms with Crippen LogP contribution >= 0.6 is 11.8 Å². The molecule has 0 amide bonds. The van der Waals surface area contributed by atoms with Crippen molar-refractivity contribution in [1.82, 2.24) is 15.2 Å². The molecule has 0 fully saturated rings. The Kier molecular flexibility index (Phi) is 4.54. The zero-order valence-corrected chi connectivity index (χ0v) is 12.4. The predicted octanol–water partition coefficient (Wildman–Crippen LogP) is 3.43. The Bertz CT molecular complexity index is 595. The number of ketones is 1. The van der Waals surface area contributed by atoms with Crippen LogP contribution in [0.2, 0.25) is 0 Å². The van der Waals surface area contributed by atoms with Crippen LogP contribution in [0.3, 0.4) is 0 Å². The molecule has 1 aromatic carbocycles. The maximum Gasteiger partial charge on any atom is 0.209 e. The number of carbonyl (C=O) groups is 1. The summed E-state index contributed by atoms with van der Waals surface area (Å²) in [5, 5.41) is 7.17. The fourth-order valence-electron chi connectivity index (χ4n) is 1.63. The average molecular weight is 293 g/mol. The standard InChI is InChI=1S/C14H16FN3OS/c1-8(2)13-16-14(18-17-13)20-9(3)12(19)10-4-6-11(15)7-5-10/h4-9H,1-3H3,(H,16,17,18)/t9-/m1/s1. The zero-order chi connectivity index (χ0) is 14.7. The van der Waals surface area contributed by atoms with Crippen LogP contribution in [0.5, 0.6) is 0 Å². The Morgan fingerprint density at radius 2 is 1.90 bits per heavy atom. The molecule has 1 atom stereocenters. The van der Waals surface area contributed by atoms with Crippen molar-refractivity contribution in [2.45, 2.75) is 37.1 Å². The van der Waals surface area contributed by atoms with Crippen LogP contribution in [0.15, 0.2) is 29.4 Å². The lowest BCUT2D eigenvalue weighted by Crippen LogP contribution is -2.13. The molecule has 2 aromatic rings. The van der Waals surface area contributed by atoms with Crippen LogP contribution in [-0.2, 0) is 0 Å². The summed E-state index contributed by atoms with van der Waals surface area (Å²) in [6.45, 7) is 5.83. The predicted molar refractivity (Wildman–Crippen MR) is 76.5 cm³/mol. The molecule has 4 nitrogen and oxygen atoms in total. The van der Waals surface area contributed by atoms with Gasteiger partial charge in [-0.05, 0) is 31.2 Å². The minimum Gasteiger partial charge on any atom is -0.293 e. The summed E-state index contributed by atoms with van der Waals surface area (Å²) in [7, 11) is 0. The van der Waals surface area contributed by atoms with Crippen LogP contribution in [0.1, 0.15) is 42.9 Å². The largest absolute Gasteiger partial charge is 0.293 e. The molecule has 0 saturated heterocycles. The van der Waals surface area contributed by atoms with Gasteiger partial charge in [-0.1, -0.05) is 25.6 Å². The van der Waals surface area contributed by atoms with E-state index in [4.69, 9.17) is 0 Å². The average Bonchev–Trinajstić information content (AvgIpc) is 2.87. The number of carbonyl (C=O) groups excluding carboxylic acids is 1. The number of hydrogen-bond donors (Lipinski definition) is 1. The van der Waals surface area contributed by atoms with E-state index in [1.54, 1.807) is 6.92 Å². The number of H-pyrrole nitrogens is 1. The smallest absolute Gasteiger partial charge is 0.209 e. The quantitative estimate of drug-likeness (QED) is 0.678. The van der Waals surface area contributed by atoms with E-state index in [0.717, 1.165) is 5.82 Å². The molecule has 1 N–H and O–H groups in total. The monoisotopic (exact) mass is 293 g/mol. The maximum absolute atomic E-state index is 12.8. The number of nitrogens with zero attached hydrogens (tertiary/aromatic N) is 2. The summed E-state index contributed by atoms with van der Waals surface area (Å²) in [5.74, 6) is 0.650. The first kappa shape index (κ1) is 14.7. The number of rotatable bonds is 5. The fourth-order valence-corrected chi connectivity index (χ4v) is 2.44. The van der Waals surface area contributed by atoms with E-state index in [1.807, 2.05) is 13.8 Å². The van der Waals surface area contributed by atoms with Crippen LogP contribution in [0.4, 0.5) is 4.39 Å². The first-order valence-corrected chi connectivity index (χ1v) is 7.24. The van der Waals surface area contributed by atoms with Crippen LogP contribution in [0.25, 0.3) is 0 Å². The Morgan fingerprint density at radius 3 is 2.45 bits per heavy atom. The summed E-state index contributed by atoms with van der Waals surface area (Å²) in [6, 6.07) is 5.56. The van der Waals surface area contributed by atoms with Crippen molar-refractivity contribution in [3.05, 3.63) is 41.5 Å². The third-order valence-corrected chi connectivity index (χ3v) is 3.77. The molecule has 0 aliphatic rings. The summed E-state index contributed by atoms with van der Waals surface area (Å²) < 4.78 is 12.8. The van der Waals surface area contributed by atoms with Gasteiger partial charge in [0, 0.05) is 11.5 Å². The van der Waals surface area contributed by atoms with Crippen LogP contribution in [0, 0.1) is 5.82 Å². The lowest BCUT2D eigenvalue weighted by molar-refractivity contribution is 0.0994. The molecular weight excluding hydrogens is 277 g/mol. The topological polar surface area (TPSA) is 58.6 Å². The van der Waals surface area contributed by atoms with Gasteiger partial charge in [0.05, 0.1) is 5.25 Å². The van der Waals surface area contributed by atoms with Crippen molar-refractivity contribution in [3.63, 3.8) is 0 Å². The highest BCUT2D eigenvalue weighted by Crippen LogP contribution is 2.23. The van der Waals surface area contributed by atoms with Crippen molar-refractivity contribution in [2.75, 3.05) is 0 Å². The first-order chi connectivity index (χ1) is 9.47. The zero-order valence-electron chi connectivity index (χ0n) is 11.6. The molecule has 1 heterocycles. The number of halogens is 1. The molecule has 0 spiro atoms. The van der Waals surface area contributed by atoms with Gasteiger partial charge in [-0.3, -0.25) is 9.89 Å². The molecule has 0 unspecified atom stereocenters. The first-order valence-electron chi connectivity index (χ1n) is 6.36. The molecule has 0 saturated carbocycles. The lowest BCUT2D eigenvalue weighted by atomic mass is 10.1. The van der Waals surface area contributed by atoms with Crippen molar-refractivity contribution in [2.24, 2.45) is 0 Å². The van der Waals surface area contributed by atoms with E-state index < -0.39 is 0 Å². The third-order valence-electron chi connectivity index (χ3n) is 2.81. The second-order valence-electron chi connectivity index (χ2n) is 4.79.